The minimum absolute atomic E-state index is 0.0940. The second-order valence-corrected chi connectivity index (χ2v) is 10.4. The van der Waals surface area contributed by atoms with E-state index in [0.29, 0.717) is 27.6 Å². The number of imidazole rings is 1. The maximum absolute atomic E-state index is 14.5. The van der Waals surface area contributed by atoms with E-state index in [9.17, 15) is 18.4 Å². The van der Waals surface area contributed by atoms with Crippen LogP contribution in [0.2, 0.25) is 10.0 Å². The summed E-state index contributed by atoms with van der Waals surface area (Å²) >= 11 is 12.5. The minimum Gasteiger partial charge on any atom is -0.465 e. The number of esters is 1. The average Bonchev–Trinajstić information content (AvgIpc) is 3.28. The highest BCUT2D eigenvalue weighted by Crippen LogP contribution is 2.40. The number of hydrogen-bond acceptors (Lipinski definition) is 4. The predicted octanol–water partition coefficient (Wildman–Crippen LogP) is 7.84. The number of halogens is 4. The summed E-state index contributed by atoms with van der Waals surface area (Å²) in [7, 11) is 1.27. The fourth-order valence-electron chi connectivity index (χ4n) is 5.23. The normalized spacial score (nSPS) is 14.8. The van der Waals surface area contributed by atoms with E-state index in [0.717, 1.165) is 44.2 Å². The molecule has 1 unspecified atom stereocenters. The number of aromatic nitrogens is 2. The van der Waals surface area contributed by atoms with Gasteiger partial charge in [-0.3, -0.25) is 4.79 Å². The van der Waals surface area contributed by atoms with E-state index in [4.69, 9.17) is 27.9 Å². The number of benzene rings is 3. The molecular formula is C29H25Cl2F2N3O3. The predicted molar refractivity (Wildman–Crippen MR) is 147 cm³/mol. The zero-order valence-electron chi connectivity index (χ0n) is 21.0. The highest BCUT2D eigenvalue weighted by molar-refractivity contribution is 6.34. The van der Waals surface area contributed by atoms with Crippen molar-refractivity contribution in [2.45, 2.75) is 38.1 Å². The van der Waals surface area contributed by atoms with Crippen molar-refractivity contribution in [3.8, 4) is 11.4 Å². The fraction of sp³-hybridized carbons (Fsp3) is 0.276. The third kappa shape index (κ3) is 5.49. The zero-order valence-corrected chi connectivity index (χ0v) is 22.5. The molecule has 0 saturated heterocycles. The van der Waals surface area contributed by atoms with Crippen molar-refractivity contribution in [2.24, 2.45) is 5.92 Å². The summed E-state index contributed by atoms with van der Waals surface area (Å²) in [5.74, 6) is -2.69. The maximum Gasteiger partial charge on any atom is 0.337 e. The molecule has 3 aromatic carbocycles. The number of hydrogen-bond donors (Lipinski definition) is 1. The summed E-state index contributed by atoms with van der Waals surface area (Å²) < 4.78 is 35.2. The van der Waals surface area contributed by atoms with Crippen molar-refractivity contribution >= 4 is 51.8 Å². The summed E-state index contributed by atoms with van der Waals surface area (Å²) in [5.41, 5.74) is 1.73. The van der Waals surface area contributed by atoms with E-state index in [1.165, 1.54) is 25.3 Å². The molecule has 1 amide bonds. The van der Waals surface area contributed by atoms with Crippen LogP contribution in [-0.2, 0) is 9.53 Å². The number of amides is 1. The first kappa shape index (κ1) is 27.1. The first-order valence-corrected chi connectivity index (χ1v) is 13.3. The Hall–Kier alpha value is -3.49. The third-order valence-electron chi connectivity index (χ3n) is 7.13. The lowest BCUT2D eigenvalue weighted by Crippen LogP contribution is -2.33. The molecule has 0 radical (unpaired) electrons. The van der Waals surface area contributed by atoms with Crippen LogP contribution in [0.4, 0.5) is 14.5 Å². The van der Waals surface area contributed by atoms with Crippen molar-refractivity contribution in [1.82, 2.24) is 9.55 Å². The van der Waals surface area contributed by atoms with Crippen molar-refractivity contribution < 1.29 is 23.1 Å². The lowest BCUT2D eigenvalue weighted by atomic mass is 9.83. The molecule has 4 aromatic rings. The number of ether oxygens (including phenoxy) is 1. The molecule has 1 aliphatic carbocycles. The molecule has 1 aliphatic rings. The number of carbonyl (C=O) groups excluding carboxylic acids is 2. The SMILES string of the molecule is COC(=O)c1ccc(NC(=O)C(C2CCCCC2)n2c(-c3ccc(Cl)cc3)nc3cc(F)c(F)cc32)c(Cl)c1. The Morgan fingerprint density at radius 1 is 1.00 bits per heavy atom. The van der Waals surface area contributed by atoms with Crippen LogP contribution < -0.4 is 5.32 Å². The standard InChI is InChI=1S/C29H25Cl2F2N3O3/c1-39-29(38)18-9-12-23(20(31)13-18)35-28(37)26(16-5-3-2-4-6-16)36-25-15-22(33)21(32)14-24(25)34-27(36)17-7-10-19(30)11-8-17/h7-16,26H,2-6H2,1H3,(H,35,37). The molecular weight excluding hydrogens is 547 g/mol. The highest BCUT2D eigenvalue weighted by Gasteiger charge is 2.35. The van der Waals surface area contributed by atoms with Crippen LogP contribution in [0.25, 0.3) is 22.4 Å². The number of anilines is 1. The molecule has 39 heavy (non-hydrogen) atoms. The van der Waals surface area contributed by atoms with Crippen molar-refractivity contribution in [3.63, 3.8) is 0 Å². The molecule has 5 rings (SSSR count). The molecule has 0 aliphatic heterocycles. The third-order valence-corrected chi connectivity index (χ3v) is 7.69. The minimum atomic E-state index is -1.03. The van der Waals surface area contributed by atoms with Crippen molar-refractivity contribution in [3.05, 3.63) is 81.8 Å². The van der Waals surface area contributed by atoms with E-state index < -0.39 is 23.6 Å². The van der Waals surface area contributed by atoms with Crippen molar-refractivity contribution in [1.29, 1.82) is 0 Å². The van der Waals surface area contributed by atoms with Crippen LogP contribution in [0.3, 0.4) is 0 Å². The van der Waals surface area contributed by atoms with Crippen LogP contribution in [0.5, 0.6) is 0 Å². The molecule has 1 saturated carbocycles. The molecule has 1 heterocycles. The van der Waals surface area contributed by atoms with Gasteiger partial charge >= 0.3 is 5.97 Å². The van der Waals surface area contributed by atoms with E-state index >= 15 is 0 Å². The van der Waals surface area contributed by atoms with Gasteiger partial charge in [0, 0.05) is 22.7 Å². The first-order chi connectivity index (χ1) is 18.8. The number of rotatable bonds is 6. The van der Waals surface area contributed by atoms with Gasteiger partial charge in [0.2, 0.25) is 5.91 Å². The smallest absolute Gasteiger partial charge is 0.337 e. The molecule has 1 aromatic heterocycles. The zero-order chi connectivity index (χ0) is 27.7. The second-order valence-electron chi connectivity index (χ2n) is 9.59. The Morgan fingerprint density at radius 2 is 1.69 bits per heavy atom. The first-order valence-electron chi connectivity index (χ1n) is 12.6. The number of fused-ring (bicyclic) bond motifs is 1. The lowest BCUT2D eigenvalue weighted by molar-refractivity contribution is -0.121. The quantitative estimate of drug-likeness (QED) is 0.239. The van der Waals surface area contributed by atoms with Crippen LogP contribution in [0.1, 0.15) is 48.5 Å². The van der Waals surface area contributed by atoms with Gasteiger partial charge < -0.3 is 14.6 Å². The van der Waals surface area contributed by atoms with Gasteiger partial charge in [0.25, 0.3) is 0 Å². The summed E-state index contributed by atoms with van der Waals surface area (Å²) in [4.78, 5) is 30.6. The van der Waals surface area contributed by atoms with Gasteiger partial charge in [0.15, 0.2) is 11.6 Å². The fourth-order valence-corrected chi connectivity index (χ4v) is 5.59. The van der Waals surface area contributed by atoms with Crippen LogP contribution in [0.15, 0.2) is 54.6 Å². The summed E-state index contributed by atoms with van der Waals surface area (Å²) in [6.45, 7) is 0. The summed E-state index contributed by atoms with van der Waals surface area (Å²) in [6, 6.07) is 12.7. The van der Waals surface area contributed by atoms with E-state index in [2.05, 4.69) is 10.3 Å². The molecule has 6 nitrogen and oxygen atoms in total. The molecule has 1 N–H and O–H groups in total. The monoisotopic (exact) mass is 571 g/mol. The number of nitrogens with one attached hydrogen (secondary N) is 1. The van der Waals surface area contributed by atoms with E-state index in [1.807, 2.05) is 0 Å². The molecule has 0 spiro atoms. The average molecular weight is 572 g/mol. The Bertz CT molecular complexity index is 1550. The van der Waals surface area contributed by atoms with Gasteiger partial charge in [0.05, 0.1) is 34.4 Å². The molecule has 1 atom stereocenters. The van der Waals surface area contributed by atoms with Gasteiger partial charge in [-0.05, 0) is 61.2 Å². The Kier molecular flexibility index (Phi) is 7.86. The second kappa shape index (κ2) is 11.3. The number of carbonyl (C=O) groups is 2. The van der Waals surface area contributed by atoms with Crippen LogP contribution in [0, 0.1) is 17.6 Å². The molecule has 10 heteroatoms. The summed E-state index contributed by atoms with van der Waals surface area (Å²) in [5, 5.41) is 3.58. The molecule has 202 valence electrons. The highest BCUT2D eigenvalue weighted by atomic mass is 35.5. The maximum atomic E-state index is 14.5. The lowest BCUT2D eigenvalue weighted by Gasteiger charge is -2.32. The van der Waals surface area contributed by atoms with E-state index in [-0.39, 0.29) is 27.9 Å². The van der Waals surface area contributed by atoms with Gasteiger partial charge in [-0.15, -0.1) is 0 Å². The van der Waals surface area contributed by atoms with E-state index in [1.54, 1.807) is 28.8 Å². The van der Waals surface area contributed by atoms with Gasteiger partial charge in [-0.25, -0.2) is 18.6 Å². The number of methoxy groups -OCH3 is 1. The molecule has 0 bridgehead atoms. The Balaban J connectivity index is 1.65. The summed E-state index contributed by atoms with van der Waals surface area (Å²) in [6.07, 6.45) is 4.48. The Labute approximate surface area is 233 Å². The van der Waals surface area contributed by atoms with Crippen LogP contribution >= 0.6 is 23.2 Å². The van der Waals surface area contributed by atoms with Gasteiger partial charge in [-0.2, -0.15) is 0 Å². The number of nitrogens with zero attached hydrogens (tertiary/aromatic N) is 2. The topological polar surface area (TPSA) is 73.2 Å². The Morgan fingerprint density at radius 3 is 2.36 bits per heavy atom. The largest absolute Gasteiger partial charge is 0.465 e. The van der Waals surface area contributed by atoms with Gasteiger partial charge in [-0.1, -0.05) is 42.5 Å². The van der Waals surface area contributed by atoms with Crippen molar-refractivity contribution in [2.75, 3.05) is 12.4 Å². The molecule has 1 fully saturated rings. The van der Waals surface area contributed by atoms with Gasteiger partial charge in [0.1, 0.15) is 11.9 Å². The van der Waals surface area contributed by atoms with Crippen LogP contribution in [-0.4, -0.2) is 28.5 Å².